The molecule has 110 valence electrons. The second-order valence-corrected chi connectivity index (χ2v) is 5.95. The lowest BCUT2D eigenvalue weighted by Crippen LogP contribution is -2.29. The highest BCUT2D eigenvalue weighted by Gasteiger charge is 2.09. The lowest BCUT2D eigenvalue weighted by atomic mass is 10.0. The number of rotatable bonds is 12. The normalized spacial score (nSPS) is 15.0. The molecule has 0 saturated heterocycles. The smallest absolute Gasteiger partial charge is 0.0671 e. The quantitative estimate of drug-likeness (QED) is 0.528. The van der Waals surface area contributed by atoms with Crippen LogP contribution in [0.25, 0.3) is 0 Å². The molecule has 0 bridgehead atoms. The molecule has 2 heteroatoms. The highest BCUT2D eigenvalue weighted by molar-refractivity contribution is 4.60. The van der Waals surface area contributed by atoms with Crippen LogP contribution in [0.3, 0.4) is 0 Å². The van der Waals surface area contributed by atoms with Crippen molar-refractivity contribution >= 4 is 0 Å². The first-order valence-electron chi connectivity index (χ1n) is 7.92. The zero-order chi connectivity index (χ0) is 13.8. The molecule has 0 aliphatic carbocycles. The molecular formula is C16H35NO. The van der Waals surface area contributed by atoms with E-state index >= 15 is 0 Å². The Hall–Kier alpha value is -0.0800. The molecule has 2 atom stereocenters. The van der Waals surface area contributed by atoms with E-state index in [2.05, 4.69) is 39.9 Å². The van der Waals surface area contributed by atoms with Gasteiger partial charge in [0, 0.05) is 13.2 Å². The zero-order valence-electron chi connectivity index (χ0n) is 13.3. The van der Waals surface area contributed by atoms with Crippen LogP contribution in [0.5, 0.6) is 0 Å². The Bertz CT molecular complexity index is 170. The van der Waals surface area contributed by atoms with Crippen molar-refractivity contribution in [1.82, 2.24) is 5.32 Å². The van der Waals surface area contributed by atoms with Gasteiger partial charge in [-0.2, -0.15) is 0 Å². The third-order valence-electron chi connectivity index (χ3n) is 3.49. The SMILES string of the molecule is CCCCC(CC)COC(C)CNCCC(C)C. The summed E-state index contributed by atoms with van der Waals surface area (Å²) in [5.74, 6) is 1.54. The fourth-order valence-electron chi connectivity index (χ4n) is 1.95. The average molecular weight is 257 g/mol. The molecule has 0 amide bonds. The lowest BCUT2D eigenvalue weighted by Gasteiger charge is -2.19. The van der Waals surface area contributed by atoms with Gasteiger partial charge in [-0.3, -0.25) is 0 Å². The molecule has 2 unspecified atom stereocenters. The van der Waals surface area contributed by atoms with Crippen molar-refractivity contribution in [3.63, 3.8) is 0 Å². The van der Waals surface area contributed by atoms with Crippen LogP contribution in [0, 0.1) is 11.8 Å². The molecule has 0 spiro atoms. The van der Waals surface area contributed by atoms with Crippen LogP contribution >= 0.6 is 0 Å². The molecule has 0 radical (unpaired) electrons. The van der Waals surface area contributed by atoms with E-state index in [4.69, 9.17) is 4.74 Å². The van der Waals surface area contributed by atoms with Crippen molar-refractivity contribution in [2.24, 2.45) is 11.8 Å². The molecular weight excluding hydrogens is 222 g/mol. The Morgan fingerprint density at radius 3 is 2.33 bits per heavy atom. The van der Waals surface area contributed by atoms with Crippen LogP contribution < -0.4 is 5.32 Å². The summed E-state index contributed by atoms with van der Waals surface area (Å²) in [4.78, 5) is 0. The predicted molar refractivity (Wildman–Crippen MR) is 81.0 cm³/mol. The van der Waals surface area contributed by atoms with Gasteiger partial charge in [0.25, 0.3) is 0 Å². The van der Waals surface area contributed by atoms with Crippen LogP contribution in [0.4, 0.5) is 0 Å². The van der Waals surface area contributed by atoms with Gasteiger partial charge in [0.1, 0.15) is 0 Å². The van der Waals surface area contributed by atoms with E-state index in [1.165, 1.54) is 32.1 Å². The molecule has 1 N–H and O–H groups in total. The van der Waals surface area contributed by atoms with Crippen molar-refractivity contribution in [3.8, 4) is 0 Å². The van der Waals surface area contributed by atoms with Gasteiger partial charge in [0.05, 0.1) is 6.10 Å². The van der Waals surface area contributed by atoms with Gasteiger partial charge >= 0.3 is 0 Å². The topological polar surface area (TPSA) is 21.3 Å². The minimum absolute atomic E-state index is 0.341. The fourth-order valence-corrected chi connectivity index (χ4v) is 1.95. The second kappa shape index (κ2) is 12.0. The molecule has 0 saturated carbocycles. The van der Waals surface area contributed by atoms with Crippen LogP contribution in [-0.2, 0) is 4.74 Å². The first kappa shape index (κ1) is 17.9. The van der Waals surface area contributed by atoms with Crippen molar-refractivity contribution in [1.29, 1.82) is 0 Å². The summed E-state index contributed by atoms with van der Waals surface area (Å²) in [7, 11) is 0. The van der Waals surface area contributed by atoms with Gasteiger partial charge in [0.15, 0.2) is 0 Å². The Morgan fingerprint density at radius 1 is 1.06 bits per heavy atom. The summed E-state index contributed by atoms with van der Waals surface area (Å²) in [5, 5.41) is 3.48. The van der Waals surface area contributed by atoms with E-state index in [9.17, 15) is 0 Å². The van der Waals surface area contributed by atoms with Gasteiger partial charge in [-0.25, -0.2) is 0 Å². The molecule has 0 aromatic rings. The van der Waals surface area contributed by atoms with Crippen molar-refractivity contribution in [3.05, 3.63) is 0 Å². The number of unbranched alkanes of at least 4 members (excludes halogenated alkanes) is 1. The number of hydrogen-bond donors (Lipinski definition) is 1. The maximum absolute atomic E-state index is 5.94. The van der Waals surface area contributed by atoms with Crippen molar-refractivity contribution in [2.45, 2.75) is 72.8 Å². The van der Waals surface area contributed by atoms with E-state index in [1.807, 2.05) is 0 Å². The Balaban J connectivity index is 3.51. The van der Waals surface area contributed by atoms with Gasteiger partial charge in [-0.1, -0.05) is 47.0 Å². The lowest BCUT2D eigenvalue weighted by molar-refractivity contribution is 0.0369. The van der Waals surface area contributed by atoms with E-state index in [0.717, 1.165) is 31.5 Å². The van der Waals surface area contributed by atoms with Gasteiger partial charge < -0.3 is 10.1 Å². The number of hydrogen-bond acceptors (Lipinski definition) is 2. The third kappa shape index (κ3) is 11.0. The Labute approximate surface area is 115 Å². The van der Waals surface area contributed by atoms with E-state index < -0.39 is 0 Å². The summed E-state index contributed by atoms with van der Waals surface area (Å²) in [5.41, 5.74) is 0. The van der Waals surface area contributed by atoms with E-state index in [1.54, 1.807) is 0 Å². The molecule has 0 aromatic heterocycles. The van der Waals surface area contributed by atoms with Crippen LogP contribution in [-0.4, -0.2) is 25.8 Å². The number of ether oxygens (including phenoxy) is 1. The standard InChI is InChI=1S/C16H35NO/c1-6-8-9-16(7-2)13-18-15(5)12-17-11-10-14(3)4/h14-17H,6-13H2,1-5H3. The Kier molecular flexibility index (Phi) is 11.9. The fraction of sp³-hybridized carbons (Fsp3) is 1.00. The largest absolute Gasteiger partial charge is 0.377 e. The van der Waals surface area contributed by atoms with Gasteiger partial charge in [-0.05, 0) is 38.1 Å². The van der Waals surface area contributed by atoms with E-state index in [0.29, 0.717) is 6.10 Å². The molecule has 0 fully saturated rings. The molecule has 0 aromatic carbocycles. The van der Waals surface area contributed by atoms with Gasteiger partial charge in [-0.15, -0.1) is 0 Å². The molecule has 0 heterocycles. The summed E-state index contributed by atoms with van der Waals surface area (Å²) in [6.07, 6.45) is 6.79. The highest BCUT2D eigenvalue weighted by atomic mass is 16.5. The summed E-state index contributed by atoms with van der Waals surface area (Å²) >= 11 is 0. The minimum atomic E-state index is 0.341. The maximum atomic E-state index is 5.94. The van der Waals surface area contributed by atoms with Crippen molar-refractivity contribution < 1.29 is 4.74 Å². The van der Waals surface area contributed by atoms with Crippen LogP contribution in [0.1, 0.15) is 66.7 Å². The third-order valence-corrected chi connectivity index (χ3v) is 3.49. The van der Waals surface area contributed by atoms with Gasteiger partial charge in [0.2, 0.25) is 0 Å². The maximum Gasteiger partial charge on any atom is 0.0671 e. The molecule has 0 aliphatic rings. The Morgan fingerprint density at radius 2 is 1.78 bits per heavy atom. The number of nitrogens with one attached hydrogen (secondary N) is 1. The molecule has 2 nitrogen and oxygen atoms in total. The second-order valence-electron chi connectivity index (χ2n) is 5.95. The predicted octanol–water partition coefficient (Wildman–Crippen LogP) is 4.24. The first-order chi connectivity index (χ1) is 8.60. The molecule has 18 heavy (non-hydrogen) atoms. The summed E-state index contributed by atoms with van der Waals surface area (Å²) in [6, 6.07) is 0. The summed E-state index contributed by atoms with van der Waals surface area (Å²) < 4.78 is 5.94. The molecule has 0 aliphatic heterocycles. The van der Waals surface area contributed by atoms with Crippen LogP contribution in [0.2, 0.25) is 0 Å². The highest BCUT2D eigenvalue weighted by Crippen LogP contribution is 2.13. The zero-order valence-corrected chi connectivity index (χ0v) is 13.3. The minimum Gasteiger partial charge on any atom is -0.377 e. The first-order valence-corrected chi connectivity index (χ1v) is 7.92. The monoisotopic (exact) mass is 257 g/mol. The molecule has 0 rings (SSSR count). The van der Waals surface area contributed by atoms with Crippen LogP contribution in [0.15, 0.2) is 0 Å². The van der Waals surface area contributed by atoms with E-state index in [-0.39, 0.29) is 0 Å². The van der Waals surface area contributed by atoms with Crippen molar-refractivity contribution in [2.75, 3.05) is 19.7 Å². The average Bonchev–Trinajstić information content (AvgIpc) is 2.34. The summed E-state index contributed by atoms with van der Waals surface area (Å²) in [6.45, 7) is 14.3.